The summed E-state index contributed by atoms with van der Waals surface area (Å²) < 4.78 is 0. The van der Waals surface area contributed by atoms with Gasteiger partial charge in [-0.1, -0.05) is 91.1 Å². The van der Waals surface area contributed by atoms with E-state index in [1.165, 1.54) is 0 Å². The van der Waals surface area contributed by atoms with Crippen LogP contribution in [-0.2, 0) is 0 Å². The second-order valence-electron chi connectivity index (χ2n) is 3.65. The fourth-order valence-corrected chi connectivity index (χ4v) is 1.25. The van der Waals surface area contributed by atoms with Gasteiger partial charge in [0, 0.05) is 0 Å². The highest BCUT2D eigenvalue weighted by molar-refractivity contribution is 5.21. The topological polar surface area (TPSA) is 0 Å². The minimum absolute atomic E-state index is 0.955. The Hall–Kier alpha value is -2.08. The molecule has 1 aliphatic carbocycles. The van der Waals surface area contributed by atoms with Crippen LogP contribution in [0, 0.1) is 6.08 Å². The lowest BCUT2D eigenvalue weighted by molar-refractivity contribution is 1.03. The lowest BCUT2D eigenvalue weighted by Gasteiger charge is -1.83. The van der Waals surface area contributed by atoms with Crippen LogP contribution in [-0.4, -0.2) is 0 Å². The standard InChI is InChI=1S/C18H19/c1-2-4-6-8-10-12-14-16-18-17-15-13-11-9-7-5-3-1/h1-15H,16,18H2/b2-1+,5-3+,6-4-,9-7-,10-8+,13-11+,14-12+,17-15?. The van der Waals surface area contributed by atoms with Crippen LogP contribution in [0.25, 0.3) is 0 Å². The summed E-state index contributed by atoms with van der Waals surface area (Å²) in [5.74, 6) is 0. The lowest BCUT2D eigenvalue weighted by atomic mass is 10.2. The van der Waals surface area contributed by atoms with Crippen LogP contribution in [0.2, 0.25) is 0 Å². The molecule has 0 N–H and O–H groups in total. The molecule has 0 bridgehead atoms. The molecule has 0 aromatic heterocycles. The molecule has 0 fully saturated rings. The molecule has 0 aromatic rings. The fourth-order valence-electron chi connectivity index (χ4n) is 1.25. The first-order valence-corrected chi connectivity index (χ1v) is 6.22. The molecule has 0 nitrogen and oxygen atoms in total. The second-order valence-corrected chi connectivity index (χ2v) is 3.65. The average Bonchev–Trinajstić information content (AvgIpc) is 2.39. The molecule has 91 valence electrons. The summed E-state index contributed by atoms with van der Waals surface area (Å²) in [5.41, 5.74) is 0. The van der Waals surface area contributed by atoms with Crippen LogP contribution >= 0.6 is 0 Å². The molecule has 0 aliphatic heterocycles. The summed E-state index contributed by atoms with van der Waals surface area (Å²) in [7, 11) is 0. The smallest absolute Gasteiger partial charge is 0.0241 e. The molecule has 1 aliphatic rings. The molecule has 0 aromatic carbocycles. The molecule has 18 heavy (non-hydrogen) atoms. The van der Waals surface area contributed by atoms with Crippen molar-refractivity contribution >= 4 is 0 Å². The van der Waals surface area contributed by atoms with E-state index >= 15 is 0 Å². The minimum atomic E-state index is 0.955. The van der Waals surface area contributed by atoms with Gasteiger partial charge in [-0.25, -0.2) is 0 Å². The van der Waals surface area contributed by atoms with Crippen LogP contribution < -0.4 is 0 Å². The summed E-state index contributed by atoms with van der Waals surface area (Å²) in [6, 6.07) is 0. The van der Waals surface area contributed by atoms with E-state index in [4.69, 9.17) is 0 Å². The predicted molar refractivity (Wildman–Crippen MR) is 81.0 cm³/mol. The van der Waals surface area contributed by atoms with Gasteiger partial charge in [0.1, 0.15) is 0 Å². The minimum Gasteiger partial charge on any atom is -0.0842 e. The first-order valence-electron chi connectivity index (χ1n) is 6.22. The number of hydrogen-bond donors (Lipinski definition) is 0. The zero-order chi connectivity index (χ0) is 12.7. The van der Waals surface area contributed by atoms with Gasteiger partial charge in [-0.05, 0) is 18.9 Å². The van der Waals surface area contributed by atoms with E-state index in [9.17, 15) is 0 Å². The Balaban J connectivity index is 2.58. The molecular weight excluding hydrogens is 216 g/mol. The molecule has 0 atom stereocenters. The SMILES string of the molecule is [C]1=C/C=C/C=C\C=C\C=C\C=C/C=C/C=C/CC/1. The molecule has 0 unspecified atom stereocenters. The van der Waals surface area contributed by atoms with E-state index in [0.29, 0.717) is 0 Å². The Morgan fingerprint density at radius 2 is 0.944 bits per heavy atom. The van der Waals surface area contributed by atoms with Crippen LogP contribution in [0.4, 0.5) is 0 Å². The zero-order valence-electron chi connectivity index (χ0n) is 10.6. The second kappa shape index (κ2) is 11.4. The molecule has 1 rings (SSSR count). The molecule has 0 heteroatoms. The van der Waals surface area contributed by atoms with E-state index in [1.807, 2.05) is 79.0 Å². The Bertz CT molecular complexity index is 379. The van der Waals surface area contributed by atoms with E-state index in [0.717, 1.165) is 12.8 Å². The highest BCUT2D eigenvalue weighted by atomic mass is 13.8. The van der Waals surface area contributed by atoms with Gasteiger partial charge < -0.3 is 0 Å². The normalized spacial score (nSPS) is 31.1. The first kappa shape index (κ1) is 14.0. The van der Waals surface area contributed by atoms with Crippen molar-refractivity contribution in [2.45, 2.75) is 12.8 Å². The molecule has 0 amide bonds. The van der Waals surface area contributed by atoms with Crippen molar-refractivity contribution in [1.29, 1.82) is 0 Å². The Morgan fingerprint density at radius 1 is 0.500 bits per heavy atom. The monoisotopic (exact) mass is 235 g/mol. The number of allylic oxidation sites excluding steroid dienone is 16. The van der Waals surface area contributed by atoms with Gasteiger partial charge in [-0.2, -0.15) is 0 Å². The summed E-state index contributed by atoms with van der Waals surface area (Å²) in [6.45, 7) is 0. The van der Waals surface area contributed by atoms with Gasteiger partial charge >= 0.3 is 0 Å². The van der Waals surface area contributed by atoms with Gasteiger partial charge in [0.05, 0.1) is 0 Å². The van der Waals surface area contributed by atoms with Crippen molar-refractivity contribution in [2.75, 3.05) is 0 Å². The Labute approximate surface area is 110 Å². The lowest BCUT2D eigenvalue weighted by Crippen LogP contribution is -1.64. The van der Waals surface area contributed by atoms with E-state index in [2.05, 4.69) is 18.2 Å². The van der Waals surface area contributed by atoms with Gasteiger partial charge in [0.15, 0.2) is 0 Å². The van der Waals surface area contributed by atoms with Gasteiger partial charge in [0.2, 0.25) is 0 Å². The van der Waals surface area contributed by atoms with E-state index in [1.54, 1.807) is 0 Å². The third-order valence-electron chi connectivity index (χ3n) is 2.14. The first-order chi connectivity index (χ1) is 9.00. The number of rotatable bonds is 0. The van der Waals surface area contributed by atoms with Crippen LogP contribution in [0.15, 0.2) is 91.1 Å². The number of hydrogen-bond acceptors (Lipinski definition) is 0. The summed E-state index contributed by atoms with van der Waals surface area (Å²) in [4.78, 5) is 0. The van der Waals surface area contributed by atoms with E-state index < -0.39 is 0 Å². The van der Waals surface area contributed by atoms with Crippen LogP contribution in [0.5, 0.6) is 0 Å². The van der Waals surface area contributed by atoms with Crippen LogP contribution in [0.3, 0.4) is 0 Å². The zero-order valence-corrected chi connectivity index (χ0v) is 10.6. The molecule has 1 radical (unpaired) electrons. The maximum absolute atomic E-state index is 3.23. The maximum Gasteiger partial charge on any atom is -0.0241 e. The van der Waals surface area contributed by atoms with Crippen molar-refractivity contribution in [3.05, 3.63) is 97.2 Å². The maximum atomic E-state index is 3.23. The van der Waals surface area contributed by atoms with Crippen molar-refractivity contribution in [1.82, 2.24) is 0 Å². The molecule has 0 heterocycles. The largest absolute Gasteiger partial charge is 0.0842 e. The van der Waals surface area contributed by atoms with Crippen LogP contribution in [0.1, 0.15) is 12.8 Å². The van der Waals surface area contributed by atoms with Crippen molar-refractivity contribution < 1.29 is 0 Å². The molecular formula is C18H19. The van der Waals surface area contributed by atoms with Gasteiger partial charge in [-0.15, -0.1) is 0 Å². The summed E-state index contributed by atoms with van der Waals surface area (Å²) in [5, 5.41) is 0. The van der Waals surface area contributed by atoms with Crippen molar-refractivity contribution in [2.24, 2.45) is 0 Å². The highest BCUT2D eigenvalue weighted by Crippen LogP contribution is 1.93. The van der Waals surface area contributed by atoms with Gasteiger partial charge in [-0.3, -0.25) is 0 Å². The third kappa shape index (κ3) is 9.17. The molecule has 0 saturated heterocycles. The van der Waals surface area contributed by atoms with Crippen molar-refractivity contribution in [3.8, 4) is 0 Å². The Morgan fingerprint density at radius 3 is 1.50 bits per heavy atom. The summed E-state index contributed by atoms with van der Waals surface area (Å²) >= 11 is 0. The quantitative estimate of drug-likeness (QED) is 0.552. The predicted octanol–water partition coefficient (Wildman–Crippen LogP) is 5.03. The van der Waals surface area contributed by atoms with Crippen molar-refractivity contribution in [3.63, 3.8) is 0 Å². The average molecular weight is 235 g/mol. The van der Waals surface area contributed by atoms with E-state index in [-0.39, 0.29) is 0 Å². The van der Waals surface area contributed by atoms with Gasteiger partial charge in [0.25, 0.3) is 0 Å². The third-order valence-corrected chi connectivity index (χ3v) is 2.14. The highest BCUT2D eigenvalue weighted by Gasteiger charge is 1.74. The molecule has 0 saturated carbocycles. The summed E-state index contributed by atoms with van der Waals surface area (Å²) in [6.07, 6.45) is 35.5. The Kier molecular flexibility index (Phi) is 8.86. The fraction of sp³-hybridized carbons (Fsp3) is 0.111. The molecule has 0 spiro atoms.